The third kappa shape index (κ3) is 3.64. The monoisotopic (exact) mass is 302 g/mol. The van der Waals surface area contributed by atoms with E-state index in [9.17, 15) is 0 Å². The van der Waals surface area contributed by atoms with E-state index >= 15 is 0 Å². The van der Waals surface area contributed by atoms with Crippen molar-refractivity contribution in [3.63, 3.8) is 0 Å². The number of aliphatic imine (C=N–C) groups is 2. The second kappa shape index (κ2) is 6.95. The predicted octanol–water partition coefficient (Wildman–Crippen LogP) is 4.66. The van der Waals surface area contributed by atoms with E-state index in [0.29, 0.717) is 12.1 Å². The number of thiophene rings is 2. The Balaban J connectivity index is 1.67. The van der Waals surface area contributed by atoms with E-state index in [-0.39, 0.29) is 0 Å². The van der Waals surface area contributed by atoms with Crippen LogP contribution in [-0.4, -0.2) is 24.5 Å². The first-order valence-electron chi connectivity index (χ1n) is 7.05. The lowest BCUT2D eigenvalue weighted by Gasteiger charge is -2.25. The molecule has 2 atom stereocenters. The van der Waals surface area contributed by atoms with Crippen LogP contribution in [0.25, 0.3) is 0 Å². The van der Waals surface area contributed by atoms with Crippen LogP contribution in [0.15, 0.2) is 45.0 Å². The number of rotatable bonds is 4. The molecule has 0 aromatic carbocycles. The summed E-state index contributed by atoms with van der Waals surface area (Å²) in [5, 5.41) is 4.18. The molecule has 1 fully saturated rings. The molecule has 20 heavy (non-hydrogen) atoms. The van der Waals surface area contributed by atoms with Gasteiger partial charge < -0.3 is 0 Å². The molecule has 2 aromatic heterocycles. The molecule has 0 amide bonds. The van der Waals surface area contributed by atoms with Crippen molar-refractivity contribution in [3.05, 3.63) is 44.8 Å². The molecule has 2 unspecified atom stereocenters. The van der Waals surface area contributed by atoms with Gasteiger partial charge in [0, 0.05) is 22.2 Å². The van der Waals surface area contributed by atoms with Crippen LogP contribution in [-0.2, 0) is 0 Å². The van der Waals surface area contributed by atoms with E-state index < -0.39 is 0 Å². The molecule has 0 bridgehead atoms. The summed E-state index contributed by atoms with van der Waals surface area (Å²) >= 11 is 3.48. The highest BCUT2D eigenvalue weighted by atomic mass is 32.1. The largest absolute Gasteiger partial charge is 0.286 e. The highest BCUT2D eigenvalue weighted by Crippen LogP contribution is 2.24. The van der Waals surface area contributed by atoms with Gasteiger partial charge in [0.1, 0.15) is 0 Å². The lowest BCUT2D eigenvalue weighted by atomic mass is 9.91. The van der Waals surface area contributed by atoms with Crippen LogP contribution in [0.4, 0.5) is 0 Å². The van der Waals surface area contributed by atoms with Gasteiger partial charge in [-0.3, -0.25) is 9.98 Å². The quantitative estimate of drug-likeness (QED) is 0.734. The summed E-state index contributed by atoms with van der Waals surface area (Å²) in [7, 11) is 0. The predicted molar refractivity (Wildman–Crippen MR) is 89.9 cm³/mol. The molecule has 2 aromatic rings. The van der Waals surface area contributed by atoms with Gasteiger partial charge in [-0.25, -0.2) is 0 Å². The first kappa shape index (κ1) is 13.7. The highest BCUT2D eigenvalue weighted by molar-refractivity contribution is 7.12. The standard InChI is InChI=1S/C16H18N2S2/c1-2-8-16(18-12-14-6-4-10-20-14)15(7-1)17-11-13-5-3-9-19-13/h3-6,9-12,15-16H,1-2,7-8H2/b17-11+,18-12+. The van der Waals surface area contributed by atoms with Gasteiger partial charge in [0.25, 0.3) is 0 Å². The third-order valence-electron chi connectivity index (χ3n) is 3.57. The van der Waals surface area contributed by atoms with Gasteiger partial charge in [0.2, 0.25) is 0 Å². The van der Waals surface area contributed by atoms with Crippen molar-refractivity contribution in [2.24, 2.45) is 9.98 Å². The highest BCUT2D eigenvalue weighted by Gasteiger charge is 2.23. The van der Waals surface area contributed by atoms with Crippen molar-refractivity contribution in [3.8, 4) is 0 Å². The Hall–Kier alpha value is -1.26. The minimum Gasteiger partial charge on any atom is -0.286 e. The maximum Gasteiger partial charge on any atom is 0.0723 e. The first-order chi connectivity index (χ1) is 9.92. The maximum absolute atomic E-state index is 4.78. The second-order valence-corrected chi connectivity index (χ2v) is 6.96. The van der Waals surface area contributed by atoms with E-state index in [1.807, 2.05) is 12.4 Å². The normalized spacial score (nSPS) is 23.8. The Morgan fingerprint density at radius 1 is 0.850 bits per heavy atom. The van der Waals surface area contributed by atoms with Crippen LogP contribution in [0.3, 0.4) is 0 Å². The average molecular weight is 302 g/mol. The lowest BCUT2D eigenvalue weighted by Crippen LogP contribution is -2.27. The Morgan fingerprint density at radius 2 is 1.35 bits per heavy atom. The van der Waals surface area contributed by atoms with Gasteiger partial charge in [-0.05, 0) is 35.7 Å². The van der Waals surface area contributed by atoms with Crippen molar-refractivity contribution < 1.29 is 0 Å². The number of hydrogen-bond acceptors (Lipinski definition) is 4. The van der Waals surface area contributed by atoms with Gasteiger partial charge in [0.15, 0.2) is 0 Å². The topological polar surface area (TPSA) is 24.7 Å². The summed E-state index contributed by atoms with van der Waals surface area (Å²) in [6.07, 6.45) is 8.92. The van der Waals surface area contributed by atoms with Crippen molar-refractivity contribution in [2.75, 3.05) is 0 Å². The van der Waals surface area contributed by atoms with Gasteiger partial charge >= 0.3 is 0 Å². The molecule has 1 saturated carbocycles. The zero-order valence-corrected chi connectivity index (χ0v) is 12.9. The maximum atomic E-state index is 4.78. The molecule has 0 saturated heterocycles. The van der Waals surface area contributed by atoms with Crippen molar-refractivity contribution >= 4 is 35.1 Å². The fourth-order valence-electron chi connectivity index (χ4n) is 2.51. The molecule has 2 heterocycles. The van der Waals surface area contributed by atoms with E-state index in [2.05, 4.69) is 35.0 Å². The zero-order valence-electron chi connectivity index (χ0n) is 11.3. The smallest absolute Gasteiger partial charge is 0.0723 e. The minimum atomic E-state index is 0.349. The lowest BCUT2D eigenvalue weighted by molar-refractivity contribution is 0.390. The van der Waals surface area contributed by atoms with Crippen LogP contribution in [0, 0.1) is 0 Å². The molecule has 104 valence electrons. The number of hydrogen-bond donors (Lipinski definition) is 0. The molecular weight excluding hydrogens is 284 g/mol. The van der Waals surface area contributed by atoms with Crippen molar-refractivity contribution in [1.82, 2.24) is 0 Å². The van der Waals surface area contributed by atoms with E-state index in [0.717, 1.165) is 12.8 Å². The molecule has 1 aliphatic carbocycles. The van der Waals surface area contributed by atoms with Gasteiger partial charge in [-0.2, -0.15) is 0 Å². The summed E-state index contributed by atoms with van der Waals surface area (Å²) < 4.78 is 0. The third-order valence-corrected chi connectivity index (χ3v) is 5.18. The van der Waals surface area contributed by atoms with Crippen LogP contribution in [0.5, 0.6) is 0 Å². The molecule has 0 aliphatic heterocycles. The van der Waals surface area contributed by atoms with Crippen LogP contribution < -0.4 is 0 Å². The fraction of sp³-hybridized carbons (Fsp3) is 0.375. The van der Waals surface area contributed by atoms with Gasteiger partial charge in [-0.15, -0.1) is 22.7 Å². The van der Waals surface area contributed by atoms with Crippen LogP contribution >= 0.6 is 22.7 Å². The first-order valence-corrected chi connectivity index (χ1v) is 8.81. The van der Waals surface area contributed by atoms with Crippen molar-refractivity contribution in [2.45, 2.75) is 37.8 Å². The Morgan fingerprint density at radius 3 is 1.75 bits per heavy atom. The number of nitrogens with zero attached hydrogens (tertiary/aromatic N) is 2. The van der Waals surface area contributed by atoms with Crippen LogP contribution in [0.1, 0.15) is 35.4 Å². The van der Waals surface area contributed by atoms with Gasteiger partial charge in [-0.1, -0.05) is 25.0 Å². The molecular formula is C16H18N2S2. The minimum absolute atomic E-state index is 0.349. The van der Waals surface area contributed by atoms with Crippen molar-refractivity contribution in [1.29, 1.82) is 0 Å². The SMILES string of the molecule is C(=N\C1CCCCC1/N=C/c1cccs1)/c1cccs1. The van der Waals surface area contributed by atoms with Crippen LogP contribution in [0.2, 0.25) is 0 Å². The molecule has 0 N–H and O–H groups in total. The van der Waals surface area contributed by atoms with Gasteiger partial charge in [0.05, 0.1) is 12.1 Å². The summed E-state index contributed by atoms with van der Waals surface area (Å²) in [5.41, 5.74) is 0. The molecule has 4 heteroatoms. The molecule has 0 spiro atoms. The Kier molecular flexibility index (Phi) is 4.77. The zero-order chi connectivity index (χ0) is 13.6. The molecule has 2 nitrogen and oxygen atoms in total. The second-order valence-electron chi connectivity index (χ2n) is 5.01. The fourth-order valence-corrected chi connectivity index (χ4v) is 3.69. The molecule has 3 rings (SSSR count). The van der Waals surface area contributed by atoms with E-state index in [4.69, 9.17) is 9.98 Å². The van der Waals surface area contributed by atoms with E-state index in [1.165, 1.54) is 22.6 Å². The molecule has 1 aliphatic rings. The summed E-state index contributed by atoms with van der Waals surface area (Å²) in [4.78, 5) is 12.0. The molecule has 0 radical (unpaired) electrons. The summed E-state index contributed by atoms with van der Waals surface area (Å²) in [5.74, 6) is 0. The Labute approximate surface area is 127 Å². The van der Waals surface area contributed by atoms with E-state index in [1.54, 1.807) is 22.7 Å². The summed E-state index contributed by atoms with van der Waals surface area (Å²) in [6.45, 7) is 0. The summed E-state index contributed by atoms with van der Waals surface area (Å²) in [6, 6.07) is 9.06. The Bertz CT molecular complexity index is 503. The average Bonchev–Trinajstić information content (AvgIpc) is 3.17.